The summed E-state index contributed by atoms with van der Waals surface area (Å²) < 4.78 is 10.4. The Bertz CT molecular complexity index is 1070. The van der Waals surface area contributed by atoms with Crippen LogP contribution < -0.4 is 5.32 Å². The van der Waals surface area contributed by atoms with Gasteiger partial charge in [-0.25, -0.2) is 0 Å². The molecule has 0 saturated carbocycles. The molecule has 1 saturated heterocycles. The Labute approximate surface area is 179 Å². The van der Waals surface area contributed by atoms with E-state index >= 15 is 0 Å². The molecule has 162 valence electrons. The lowest BCUT2D eigenvalue weighted by Crippen LogP contribution is -2.46. The van der Waals surface area contributed by atoms with Gasteiger partial charge < -0.3 is 24.4 Å². The highest BCUT2D eigenvalue weighted by molar-refractivity contribution is 5.89. The van der Waals surface area contributed by atoms with Crippen molar-refractivity contribution in [1.82, 2.24) is 20.5 Å². The minimum absolute atomic E-state index is 0.0145. The standard InChI is InChI=1S/C22H24N4O5/c1-13-3-5-15(6-4-13)19-9-18(31-25-19)11-23-22(29)20-8-16(27)12-26(20)21(28)10-17-7-14(2)24-30-17/h3-7,9,16,20,27H,8,10-12H2,1-2H3,(H,23,29)/t16-,20+/m1/s1. The van der Waals surface area contributed by atoms with Crippen molar-refractivity contribution in [2.24, 2.45) is 0 Å². The van der Waals surface area contributed by atoms with Gasteiger partial charge in [-0.2, -0.15) is 0 Å². The van der Waals surface area contributed by atoms with Gasteiger partial charge in [-0.3, -0.25) is 9.59 Å². The Morgan fingerprint density at radius 3 is 2.58 bits per heavy atom. The van der Waals surface area contributed by atoms with Gasteiger partial charge >= 0.3 is 0 Å². The number of aromatic nitrogens is 2. The minimum atomic E-state index is -0.758. The Morgan fingerprint density at radius 1 is 1.13 bits per heavy atom. The Kier molecular flexibility index (Phi) is 5.85. The van der Waals surface area contributed by atoms with E-state index in [0.717, 1.165) is 11.1 Å². The topological polar surface area (TPSA) is 122 Å². The molecule has 2 N–H and O–H groups in total. The Balaban J connectivity index is 1.37. The van der Waals surface area contributed by atoms with E-state index in [1.807, 2.05) is 31.2 Å². The lowest BCUT2D eigenvalue weighted by molar-refractivity contribution is -0.138. The van der Waals surface area contributed by atoms with Gasteiger partial charge in [0.25, 0.3) is 0 Å². The second-order valence-corrected chi connectivity index (χ2v) is 7.83. The second-order valence-electron chi connectivity index (χ2n) is 7.83. The van der Waals surface area contributed by atoms with Gasteiger partial charge in [0.1, 0.15) is 17.5 Å². The molecule has 0 spiro atoms. The van der Waals surface area contributed by atoms with Crippen LogP contribution in [0.25, 0.3) is 11.3 Å². The molecular formula is C22H24N4O5. The maximum Gasteiger partial charge on any atom is 0.243 e. The average Bonchev–Trinajstić information content (AvgIpc) is 3.47. The summed E-state index contributed by atoms with van der Waals surface area (Å²) in [5.74, 6) is 0.270. The zero-order valence-electron chi connectivity index (χ0n) is 17.4. The Hall–Kier alpha value is -3.46. The van der Waals surface area contributed by atoms with Crippen molar-refractivity contribution in [2.75, 3.05) is 6.54 Å². The molecule has 0 bridgehead atoms. The summed E-state index contributed by atoms with van der Waals surface area (Å²) >= 11 is 0. The van der Waals surface area contributed by atoms with Crippen LogP contribution in [-0.2, 0) is 22.6 Å². The minimum Gasteiger partial charge on any atom is -0.391 e. The molecule has 0 aliphatic carbocycles. The molecule has 9 nitrogen and oxygen atoms in total. The highest BCUT2D eigenvalue weighted by Gasteiger charge is 2.39. The molecule has 2 amide bonds. The summed E-state index contributed by atoms with van der Waals surface area (Å²) in [5, 5.41) is 20.6. The van der Waals surface area contributed by atoms with Crippen LogP contribution in [0.2, 0.25) is 0 Å². The van der Waals surface area contributed by atoms with E-state index in [1.54, 1.807) is 19.1 Å². The number of amides is 2. The molecule has 3 aromatic rings. The second kappa shape index (κ2) is 8.73. The van der Waals surface area contributed by atoms with E-state index in [0.29, 0.717) is 22.9 Å². The van der Waals surface area contributed by atoms with E-state index in [4.69, 9.17) is 9.05 Å². The van der Waals surface area contributed by atoms with Crippen molar-refractivity contribution in [2.45, 2.75) is 45.4 Å². The largest absolute Gasteiger partial charge is 0.391 e. The summed E-state index contributed by atoms with van der Waals surface area (Å²) in [6.45, 7) is 4.01. The molecule has 1 aliphatic heterocycles. The van der Waals surface area contributed by atoms with E-state index < -0.39 is 12.1 Å². The maximum absolute atomic E-state index is 12.7. The number of hydrogen-bond acceptors (Lipinski definition) is 7. The summed E-state index contributed by atoms with van der Waals surface area (Å²) in [6, 6.07) is 10.6. The number of likely N-dealkylation sites (tertiary alicyclic amines) is 1. The summed E-state index contributed by atoms with van der Waals surface area (Å²) in [7, 11) is 0. The van der Waals surface area contributed by atoms with Gasteiger partial charge in [-0.15, -0.1) is 0 Å². The molecule has 31 heavy (non-hydrogen) atoms. The van der Waals surface area contributed by atoms with E-state index in [2.05, 4.69) is 15.6 Å². The summed E-state index contributed by atoms with van der Waals surface area (Å²) in [4.78, 5) is 26.8. The first-order valence-electron chi connectivity index (χ1n) is 10.1. The predicted molar refractivity (Wildman–Crippen MR) is 110 cm³/mol. The molecule has 2 atom stereocenters. The van der Waals surface area contributed by atoms with Gasteiger partial charge in [-0.05, 0) is 13.8 Å². The van der Waals surface area contributed by atoms with Crippen molar-refractivity contribution < 1.29 is 23.7 Å². The first kappa shape index (κ1) is 20.8. The molecule has 1 aliphatic rings. The molecule has 9 heteroatoms. The molecule has 3 heterocycles. The van der Waals surface area contributed by atoms with Crippen LogP contribution in [0.3, 0.4) is 0 Å². The van der Waals surface area contributed by atoms with Crippen LogP contribution in [0.5, 0.6) is 0 Å². The summed E-state index contributed by atoms with van der Waals surface area (Å²) in [5.41, 5.74) is 3.43. The van der Waals surface area contributed by atoms with E-state index in [-0.39, 0.29) is 37.7 Å². The fraction of sp³-hybridized carbons (Fsp3) is 0.364. The monoisotopic (exact) mass is 424 g/mol. The molecule has 4 rings (SSSR count). The number of benzene rings is 1. The van der Waals surface area contributed by atoms with Gasteiger partial charge in [0, 0.05) is 30.7 Å². The Morgan fingerprint density at radius 2 is 1.87 bits per heavy atom. The van der Waals surface area contributed by atoms with Crippen LogP contribution in [0.1, 0.15) is 29.2 Å². The number of nitrogens with one attached hydrogen (secondary N) is 1. The average molecular weight is 424 g/mol. The zero-order valence-corrected chi connectivity index (χ0v) is 17.4. The molecule has 1 aromatic carbocycles. The number of aryl methyl sites for hydroxylation is 2. The predicted octanol–water partition coefficient (Wildman–Crippen LogP) is 1.77. The molecule has 1 fully saturated rings. The zero-order chi connectivity index (χ0) is 22.0. The molecule has 0 unspecified atom stereocenters. The lowest BCUT2D eigenvalue weighted by atomic mass is 10.1. The van der Waals surface area contributed by atoms with Crippen molar-refractivity contribution in [3.63, 3.8) is 0 Å². The number of carbonyl (C=O) groups excluding carboxylic acids is 2. The van der Waals surface area contributed by atoms with E-state index in [9.17, 15) is 14.7 Å². The third kappa shape index (κ3) is 4.83. The number of aliphatic hydroxyl groups is 1. The quantitative estimate of drug-likeness (QED) is 0.618. The van der Waals surface area contributed by atoms with Crippen molar-refractivity contribution in [3.8, 4) is 11.3 Å². The molecule has 0 radical (unpaired) electrons. The van der Waals surface area contributed by atoms with Crippen LogP contribution in [0.4, 0.5) is 0 Å². The molecular weight excluding hydrogens is 400 g/mol. The number of carbonyl (C=O) groups is 2. The van der Waals surface area contributed by atoms with Crippen LogP contribution in [0.15, 0.2) is 45.4 Å². The highest BCUT2D eigenvalue weighted by Crippen LogP contribution is 2.22. The van der Waals surface area contributed by atoms with Crippen LogP contribution in [-0.4, -0.2) is 50.8 Å². The first-order chi connectivity index (χ1) is 14.9. The van der Waals surface area contributed by atoms with Crippen molar-refractivity contribution >= 4 is 11.8 Å². The number of nitrogens with zero attached hydrogens (tertiary/aromatic N) is 3. The number of rotatable bonds is 6. The SMILES string of the molecule is Cc1ccc(-c2cc(CNC(=O)[C@@H]3C[C@@H](O)CN3C(=O)Cc3cc(C)no3)on2)cc1. The molecule has 2 aromatic heterocycles. The summed E-state index contributed by atoms with van der Waals surface area (Å²) in [6.07, 6.45) is -0.591. The number of aliphatic hydroxyl groups excluding tert-OH is 1. The normalized spacial score (nSPS) is 18.4. The van der Waals surface area contributed by atoms with Crippen LogP contribution >= 0.6 is 0 Å². The van der Waals surface area contributed by atoms with Crippen molar-refractivity contribution in [3.05, 3.63) is 59.2 Å². The lowest BCUT2D eigenvalue weighted by Gasteiger charge is -2.23. The van der Waals surface area contributed by atoms with Gasteiger partial charge in [-0.1, -0.05) is 40.1 Å². The fourth-order valence-electron chi connectivity index (χ4n) is 3.64. The van der Waals surface area contributed by atoms with Gasteiger partial charge in [0.05, 0.1) is 24.8 Å². The van der Waals surface area contributed by atoms with Crippen molar-refractivity contribution in [1.29, 1.82) is 0 Å². The van der Waals surface area contributed by atoms with E-state index in [1.165, 1.54) is 4.90 Å². The number of β-amino-alcohol motifs (C(OH)–C–C–N with tert-alkyl or cyclic N) is 1. The number of hydrogen-bond donors (Lipinski definition) is 2. The highest BCUT2D eigenvalue weighted by atomic mass is 16.5. The first-order valence-corrected chi connectivity index (χ1v) is 10.1. The fourth-order valence-corrected chi connectivity index (χ4v) is 3.64. The van der Waals surface area contributed by atoms with Gasteiger partial charge in [0.15, 0.2) is 5.76 Å². The van der Waals surface area contributed by atoms with Crippen LogP contribution in [0, 0.1) is 13.8 Å². The van der Waals surface area contributed by atoms with Gasteiger partial charge in [0.2, 0.25) is 11.8 Å². The third-order valence-electron chi connectivity index (χ3n) is 5.25. The smallest absolute Gasteiger partial charge is 0.243 e. The third-order valence-corrected chi connectivity index (χ3v) is 5.25. The maximum atomic E-state index is 12.7.